The number of carbonyl (C=O) groups is 1. The van der Waals surface area contributed by atoms with Crippen LogP contribution in [0.2, 0.25) is 0 Å². The first-order valence-corrected chi connectivity index (χ1v) is 9.33. The molecule has 0 radical (unpaired) electrons. The standard InChI is InChI=1S/C23H25N3O2/c1-5-18-10-8-9-15(2)22(18)26-16(3)13-19(17(26)4)14-24-25-23(28)20-11-6-7-12-21(20)27/h6-14,27H,5H2,1-4H3,(H,25,28)/b24-14+. The van der Waals surface area contributed by atoms with Crippen LogP contribution >= 0.6 is 0 Å². The summed E-state index contributed by atoms with van der Waals surface area (Å²) in [6.45, 7) is 8.39. The number of hydrogen-bond acceptors (Lipinski definition) is 3. The van der Waals surface area contributed by atoms with Crippen LogP contribution in [0.15, 0.2) is 53.6 Å². The quantitative estimate of drug-likeness (QED) is 0.512. The van der Waals surface area contributed by atoms with Gasteiger partial charge in [-0.1, -0.05) is 37.3 Å². The summed E-state index contributed by atoms with van der Waals surface area (Å²) in [6, 6.07) is 14.8. The molecule has 5 nitrogen and oxygen atoms in total. The number of nitrogens with one attached hydrogen (secondary N) is 1. The highest BCUT2D eigenvalue weighted by molar-refractivity contribution is 5.97. The molecule has 0 atom stereocenters. The van der Waals surface area contributed by atoms with Crippen molar-refractivity contribution in [3.63, 3.8) is 0 Å². The molecule has 144 valence electrons. The molecular formula is C23H25N3O2. The topological polar surface area (TPSA) is 66.6 Å². The molecule has 28 heavy (non-hydrogen) atoms. The maximum Gasteiger partial charge on any atom is 0.275 e. The number of carbonyl (C=O) groups excluding carboxylic acids is 1. The van der Waals surface area contributed by atoms with Gasteiger partial charge in [0.15, 0.2) is 0 Å². The number of amides is 1. The van der Waals surface area contributed by atoms with Crippen molar-refractivity contribution in [1.82, 2.24) is 9.99 Å². The summed E-state index contributed by atoms with van der Waals surface area (Å²) in [7, 11) is 0. The second kappa shape index (κ2) is 8.13. The Morgan fingerprint density at radius 1 is 1.14 bits per heavy atom. The van der Waals surface area contributed by atoms with E-state index in [1.807, 2.05) is 6.92 Å². The van der Waals surface area contributed by atoms with Crippen LogP contribution in [0.4, 0.5) is 0 Å². The van der Waals surface area contributed by atoms with Crippen LogP contribution in [-0.2, 0) is 6.42 Å². The SMILES string of the molecule is CCc1cccc(C)c1-n1c(C)cc(/C=N/NC(=O)c2ccccc2O)c1C. The average molecular weight is 375 g/mol. The van der Waals surface area contributed by atoms with Crippen molar-refractivity contribution in [2.75, 3.05) is 0 Å². The third-order valence-electron chi connectivity index (χ3n) is 4.91. The summed E-state index contributed by atoms with van der Waals surface area (Å²) in [6.07, 6.45) is 2.59. The Morgan fingerprint density at radius 3 is 2.61 bits per heavy atom. The van der Waals surface area contributed by atoms with E-state index in [-0.39, 0.29) is 11.3 Å². The molecule has 2 aromatic carbocycles. The first kappa shape index (κ1) is 19.4. The maximum atomic E-state index is 12.2. The molecule has 0 aliphatic heterocycles. The van der Waals surface area contributed by atoms with E-state index >= 15 is 0 Å². The van der Waals surface area contributed by atoms with Crippen molar-refractivity contribution >= 4 is 12.1 Å². The van der Waals surface area contributed by atoms with Gasteiger partial charge in [-0.2, -0.15) is 5.10 Å². The number of hydrogen-bond donors (Lipinski definition) is 2. The van der Waals surface area contributed by atoms with Crippen molar-refractivity contribution in [1.29, 1.82) is 0 Å². The number of aromatic hydroxyl groups is 1. The van der Waals surface area contributed by atoms with Crippen LogP contribution in [0.5, 0.6) is 5.75 Å². The molecule has 0 fully saturated rings. The number of phenolic OH excluding ortho intramolecular Hbond substituents is 1. The summed E-state index contributed by atoms with van der Waals surface area (Å²) in [5.74, 6) is -0.518. The van der Waals surface area contributed by atoms with Gasteiger partial charge in [-0.05, 0) is 56.5 Å². The van der Waals surface area contributed by atoms with Gasteiger partial charge in [-0.15, -0.1) is 0 Å². The third kappa shape index (κ3) is 3.69. The van der Waals surface area contributed by atoms with Gasteiger partial charge >= 0.3 is 0 Å². The van der Waals surface area contributed by atoms with E-state index in [0.29, 0.717) is 0 Å². The Bertz CT molecular complexity index is 1050. The van der Waals surface area contributed by atoms with E-state index in [1.54, 1.807) is 24.4 Å². The van der Waals surface area contributed by atoms with Crippen LogP contribution < -0.4 is 5.43 Å². The van der Waals surface area contributed by atoms with Gasteiger partial charge in [0, 0.05) is 17.0 Å². The molecule has 3 rings (SSSR count). The Balaban J connectivity index is 1.88. The predicted octanol–water partition coefficient (Wildman–Crippen LogP) is 4.43. The van der Waals surface area contributed by atoms with Crippen molar-refractivity contribution in [2.24, 2.45) is 5.10 Å². The molecule has 0 aliphatic rings. The number of aryl methyl sites for hydroxylation is 3. The third-order valence-corrected chi connectivity index (χ3v) is 4.91. The number of phenols is 1. The Morgan fingerprint density at radius 2 is 1.89 bits per heavy atom. The largest absolute Gasteiger partial charge is 0.507 e. The number of hydrazone groups is 1. The highest BCUT2D eigenvalue weighted by Gasteiger charge is 2.14. The smallest absolute Gasteiger partial charge is 0.275 e. The number of para-hydroxylation sites is 2. The zero-order valence-corrected chi connectivity index (χ0v) is 16.7. The lowest BCUT2D eigenvalue weighted by molar-refractivity contribution is 0.0952. The molecule has 1 heterocycles. The molecule has 0 spiro atoms. The van der Waals surface area contributed by atoms with Crippen LogP contribution in [0.3, 0.4) is 0 Å². The highest BCUT2D eigenvalue weighted by atomic mass is 16.3. The summed E-state index contributed by atoms with van der Waals surface area (Å²) >= 11 is 0. The lowest BCUT2D eigenvalue weighted by atomic mass is 10.1. The lowest BCUT2D eigenvalue weighted by Crippen LogP contribution is -2.17. The van der Waals surface area contributed by atoms with E-state index in [2.05, 4.69) is 60.1 Å². The molecule has 0 aliphatic carbocycles. The fourth-order valence-corrected chi connectivity index (χ4v) is 3.47. The lowest BCUT2D eigenvalue weighted by Gasteiger charge is -2.17. The Labute approximate surface area is 165 Å². The molecule has 0 saturated carbocycles. The minimum absolute atomic E-state index is 0.0694. The number of benzene rings is 2. The van der Waals surface area contributed by atoms with E-state index in [1.165, 1.54) is 22.9 Å². The second-order valence-electron chi connectivity index (χ2n) is 6.81. The van der Waals surface area contributed by atoms with Crippen LogP contribution in [0.1, 0.15) is 45.4 Å². The van der Waals surface area contributed by atoms with Crippen LogP contribution in [0, 0.1) is 20.8 Å². The first-order chi connectivity index (χ1) is 13.4. The summed E-state index contributed by atoms with van der Waals surface area (Å²) < 4.78 is 2.24. The molecular weight excluding hydrogens is 350 g/mol. The minimum Gasteiger partial charge on any atom is -0.507 e. The first-order valence-electron chi connectivity index (χ1n) is 9.33. The Kier molecular flexibility index (Phi) is 5.64. The van der Waals surface area contributed by atoms with Gasteiger partial charge in [-0.25, -0.2) is 5.43 Å². The molecule has 0 bridgehead atoms. The fraction of sp³-hybridized carbons (Fsp3) is 0.217. The van der Waals surface area contributed by atoms with Gasteiger partial charge in [0.2, 0.25) is 0 Å². The monoisotopic (exact) mass is 375 g/mol. The Hall–Kier alpha value is -3.34. The van der Waals surface area contributed by atoms with Crippen molar-refractivity contribution < 1.29 is 9.90 Å². The molecule has 3 aromatic rings. The van der Waals surface area contributed by atoms with Gasteiger partial charge in [0.05, 0.1) is 17.5 Å². The van der Waals surface area contributed by atoms with Crippen LogP contribution in [0.25, 0.3) is 5.69 Å². The van der Waals surface area contributed by atoms with E-state index in [9.17, 15) is 9.90 Å². The molecule has 1 aromatic heterocycles. The summed E-state index contributed by atoms with van der Waals surface area (Å²) in [5, 5.41) is 13.9. The minimum atomic E-state index is -0.449. The van der Waals surface area contributed by atoms with Gasteiger partial charge in [0.25, 0.3) is 5.91 Å². The van der Waals surface area contributed by atoms with E-state index in [0.717, 1.165) is 23.4 Å². The van der Waals surface area contributed by atoms with Crippen LogP contribution in [-0.4, -0.2) is 21.8 Å². The van der Waals surface area contributed by atoms with Gasteiger partial charge < -0.3 is 9.67 Å². The predicted molar refractivity (Wildman–Crippen MR) is 113 cm³/mol. The zero-order valence-electron chi connectivity index (χ0n) is 16.7. The maximum absolute atomic E-state index is 12.2. The van der Waals surface area contributed by atoms with Gasteiger partial charge in [-0.3, -0.25) is 4.79 Å². The highest BCUT2D eigenvalue weighted by Crippen LogP contribution is 2.26. The normalized spacial score (nSPS) is 11.1. The van der Waals surface area contributed by atoms with Crippen molar-refractivity contribution in [3.8, 4) is 11.4 Å². The number of nitrogens with zero attached hydrogens (tertiary/aromatic N) is 2. The van der Waals surface area contributed by atoms with Crippen molar-refractivity contribution in [3.05, 3.63) is 82.2 Å². The second-order valence-corrected chi connectivity index (χ2v) is 6.81. The number of aromatic nitrogens is 1. The molecule has 2 N–H and O–H groups in total. The zero-order chi connectivity index (χ0) is 20.3. The summed E-state index contributed by atoms with van der Waals surface area (Å²) in [5.41, 5.74) is 9.48. The van der Waals surface area contributed by atoms with Crippen molar-refractivity contribution in [2.45, 2.75) is 34.1 Å². The summed E-state index contributed by atoms with van der Waals surface area (Å²) in [4.78, 5) is 12.2. The average Bonchev–Trinajstić information content (AvgIpc) is 2.95. The molecule has 0 saturated heterocycles. The number of rotatable bonds is 5. The molecule has 0 unspecified atom stereocenters. The van der Waals surface area contributed by atoms with E-state index in [4.69, 9.17) is 0 Å². The molecule has 5 heteroatoms. The molecule has 1 amide bonds. The van der Waals surface area contributed by atoms with Gasteiger partial charge in [0.1, 0.15) is 5.75 Å². The fourth-order valence-electron chi connectivity index (χ4n) is 3.47. The van der Waals surface area contributed by atoms with E-state index < -0.39 is 5.91 Å².